The summed E-state index contributed by atoms with van der Waals surface area (Å²) in [6.07, 6.45) is 2.25. The van der Waals surface area contributed by atoms with Crippen LogP contribution in [0.15, 0.2) is 22.7 Å². The molecule has 0 spiro atoms. The van der Waals surface area contributed by atoms with Crippen LogP contribution in [-0.2, 0) is 0 Å². The summed E-state index contributed by atoms with van der Waals surface area (Å²) in [7, 11) is 0. The van der Waals surface area contributed by atoms with E-state index in [1.54, 1.807) is 12.1 Å². The van der Waals surface area contributed by atoms with E-state index in [1.807, 2.05) is 6.07 Å². The van der Waals surface area contributed by atoms with Crippen LogP contribution in [0.4, 0.5) is 5.69 Å². The first kappa shape index (κ1) is 14.0. The van der Waals surface area contributed by atoms with Gasteiger partial charge in [-0.2, -0.15) is 0 Å². The van der Waals surface area contributed by atoms with Crippen molar-refractivity contribution in [2.24, 2.45) is 0 Å². The number of hydrogen-bond acceptors (Lipinski definition) is 3. The third-order valence-electron chi connectivity index (χ3n) is 4.26. The minimum Gasteiger partial charge on any atom is -0.370 e. The molecule has 112 valence electrons. The van der Waals surface area contributed by atoms with Crippen LogP contribution >= 0.6 is 27.5 Å². The maximum Gasteiger partial charge on any atom is 0.258 e. The van der Waals surface area contributed by atoms with Crippen LogP contribution in [0, 0.1) is 0 Å². The molecule has 4 nitrogen and oxygen atoms in total. The van der Waals surface area contributed by atoms with E-state index in [0.717, 1.165) is 41.5 Å². The van der Waals surface area contributed by atoms with Crippen molar-refractivity contribution in [3.05, 3.63) is 38.8 Å². The second-order valence-corrected chi connectivity index (χ2v) is 6.93. The molecule has 2 aromatic carbocycles. The van der Waals surface area contributed by atoms with E-state index in [-0.39, 0.29) is 11.8 Å². The molecule has 0 atom stereocenters. The number of carbonyl (C=O) groups is 2. The molecule has 0 bridgehead atoms. The number of amides is 2. The van der Waals surface area contributed by atoms with Crippen molar-refractivity contribution in [1.82, 2.24) is 5.32 Å². The average Bonchev–Trinajstić information content (AvgIpc) is 2.97. The second-order valence-electron chi connectivity index (χ2n) is 5.61. The third-order valence-corrected chi connectivity index (χ3v) is 5.01. The van der Waals surface area contributed by atoms with E-state index >= 15 is 0 Å². The number of carbonyl (C=O) groups excluding carboxylic acids is 2. The molecule has 2 aliphatic rings. The lowest BCUT2D eigenvalue weighted by molar-refractivity contribution is 0.0845. The van der Waals surface area contributed by atoms with Gasteiger partial charge in [0.25, 0.3) is 11.8 Å². The summed E-state index contributed by atoms with van der Waals surface area (Å²) >= 11 is 9.93. The van der Waals surface area contributed by atoms with Crippen LogP contribution in [0.25, 0.3) is 10.8 Å². The molecule has 0 aromatic heterocycles. The van der Waals surface area contributed by atoms with Gasteiger partial charge in [0.2, 0.25) is 0 Å². The topological polar surface area (TPSA) is 49.4 Å². The molecule has 6 heteroatoms. The van der Waals surface area contributed by atoms with Crippen LogP contribution < -0.4 is 10.2 Å². The number of rotatable bonds is 1. The summed E-state index contributed by atoms with van der Waals surface area (Å²) in [5.41, 5.74) is 1.89. The highest BCUT2D eigenvalue weighted by Gasteiger charge is 2.29. The van der Waals surface area contributed by atoms with Crippen LogP contribution in [0.2, 0.25) is 5.02 Å². The van der Waals surface area contributed by atoms with Gasteiger partial charge in [0.15, 0.2) is 0 Å². The molecule has 2 amide bonds. The normalized spacial score (nSPS) is 17.3. The van der Waals surface area contributed by atoms with Crippen LogP contribution in [-0.4, -0.2) is 24.9 Å². The maximum atomic E-state index is 12.2. The van der Waals surface area contributed by atoms with Crippen LogP contribution in [0.3, 0.4) is 0 Å². The van der Waals surface area contributed by atoms with Crippen molar-refractivity contribution < 1.29 is 9.59 Å². The average molecular weight is 380 g/mol. The largest absolute Gasteiger partial charge is 0.370 e. The van der Waals surface area contributed by atoms with E-state index in [0.29, 0.717) is 21.5 Å². The maximum absolute atomic E-state index is 12.2. The molecule has 4 rings (SSSR count). The van der Waals surface area contributed by atoms with Crippen molar-refractivity contribution in [3.63, 3.8) is 0 Å². The summed E-state index contributed by atoms with van der Waals surface area (Å²) in [5, 5.41) is 4.48. The van der Waals surface area contributed by atoms with Crippen molar-refractivity contribution >= 4 is 55.8 Å². The highest BCUT2D eigenvalue weighted by molar-refractivity contribution is 9.10. The Morgan fingerprint density at radius 3 is 2.36 bits per heavy atom. The van der Waals surface area contributed by atoms with Gasteiger partial charge in [-0.15, -0.1) is 0 Å². The minimum atomic E-state index is -0.389. The molecule has 0 unspecified atom stereocenters. The molecule has 0 aliphatic carbocycles. The monoisotopic (exact) mass is 378 g/mol. The molecule has 1 saturated heterocycles. The highest BCUT2D eigenvalue weighted by atomic mass is 79.9. The van der Waals surface area contributed by atoms with Gasteiger partial charge in [-0.3, -0.25) is 14.9 Å². The SMILES string of the molecule is O=C1NC(=O)c2cc(Cl)c(N3CCCC3)c3cc(Br)cc1c23. The minimum absolute atomic E-state index is 0.363. The smallest absolute Gasteiger partial charge is 0.258 e. The number of halogens is 2. The van der Waals surface area contributed by atoms with Crippen molar-refractivity contribution in [1.29, 1.82) is 0 Å². The summed E-state index contributed by atoms with van der Waals surface area (Å²) < 4.78 is 0.799. The first-order valence-electron chi connectivity index (χ1n) is 7.12. The highest BCUT2D eigenvalue weighted by Crippen LogP contribution is 2.41. The molecule has 2 aromatic rings. The number of hydrogen-bond donors (Lipinski definition) is 1. The molecule has 2 aliphatic heterocycles. The zero-order valence-electron chi connectivity index (χ0n) is 11.6. The first-order chi connectivity index (χ1) is 10.6. The Labute approximate surface area is 140 Å². The van der Waals surface area contributed by atoms with Gasteiger partial charge in [0, 0.05) is 33.9 Å². The Bertz CT molecular complexity index is 824. The first-order valence-corrected chi connectivity index (χ1v) is 8.30. The summed E-state index contributed by atoms with van der Waals surface area (Å²) in [4.78, 5) is 26.5. The number of nitrogens with zero attached hydrogens (tertiary/aromatic N) is 1. The Balaban J connectivity index is 2.13. The molecular formula is C16H12BrClN2O2. The van der Waals surface area contributed by atoms with Gasteiger partial charge >= 0.3 is 0 Å². The second kappa shape index (κ2) is 4.96. The quantitative estimate of drug-likeness (QED) is 0.768. The number of imide groups is 1. The fraction of sp³-hybridized carbons (Fsp3) is 0.250. The van der Waals surface area contributed by atoms with E-state index in [2.05, 4.69) is 26.1 Å². The lowest BCUT2D eigenvalue weighted by atomic mass is 9.94. The number of anilines is 1. The van der Waals surface area contributed by atoms with Crippen molar-refractivity contribution in [2.75, 3.05) is 18.0 Å². The third kappa shape index (κ3) is 1.96. The van der Waals surface area contributed by atoms with Crippen molar-refractivity contribution in [2.45, 2.75) is 12.8 Å². The molecule has 1 N–H and O–H groups in total. The van der Waals surface area contributed by atoms with E-state index in [4.69, 9.17) is 11.6 Å². The zero-order chi connectivity index (χ0) is 15.4. The number of nitrogens with one attached hydrogen (secondary N) is 1. The lowest BCUT2D eigenvalue weighted by Gasteiger charge is -2.25. The van der Waals surface area contributed by atoms with Crippen molar-refractivity contribution in [3.8, 4) is 0 Å². The van der Waals surface area contributed by atoms with E-state index in [9.17, 15) is 9.59 Å². The summed E-state index contributed by atoms with van der Waals surface area (Å²) in [6, 6.07) is 5.36. The lowest BCUT2D eigenvalue weighted by Crippen LogP contribution is -2.35. The Kier molecular flexibility index (Phi) is 3.16. The summed E-state index contributed by atoms with van der Waals surface area (Å²) in [6.45, 7) is 1.88. The van der Waals surface area contributed by atoms with Gasteiger partial charge in [-0.05, 0) is 31.0 Å². The fourth-order valence-electron chi connectivity index (χ4n) is 3.34. The van der Waals surface area contributed by atoms with E-state index in [1.165, 1.54) is 0 Å². The van der Waals surface area contributed by atoms with E-state index < -0.39 is 0 Å². The Morgan fingerprint density at radius 1 is 1.05 bits per heavy atom. The fourth-order valence-corrected chi connectivity index (χ4v) is 4.13. The predicted octanol–water partition coefficient (Wildman–Crippen LogP) is 3.74. The zero-order valence-corrected chi connectivity index (χ0v) is 13.9. The molecule has 1 fully saturated rings. The van der Waals surface area contributed by atoms with Gasteiger partial charge in [-0.25, -0.2) is 0 Å². The van der Waals surface area contributed by atoms with Gasteiger partial charge in [-0.1, -0.05) is 27.5 Å². The van der Waals surface area contributed by atoms with Gasteiger partial charge in [0.1, 0.15) is 0 Å². The standard InChI is InChI=1S/C16H12BrClN2O2/c17-8-5-9-13-10(6-8)15(21)19-16(22)11(13)7-12(18)14(9)20-3-1-2-4-20/h5-7H,1-4H2,(H,19,21,22). The van der Waals surface area contributed by atoms with Gasteiger partial charge < -0.3 is 4.90 Å². The molecule has 0 saturated carbocycles. The Hall–Kier alpha value is -1.59. The molecule has 2 heterocycles. The Morgan fingerprint density at radius 2 is 1.68 bits per heavy atom. The molecule has 0 radical (unpaired) electrons. The summed E-state index contributed by atoms with van der Waals surface area (Å²) in [5.74, 6) is -0.752. The number of benzene rings is 2. The predicted molar refractivity (Wildman–Crippen MR) is 89.9 cm³/mol. The van der Waals surface area contributed by atoms with Crippen LogP contribution in [0.1, 0.15) is 33.6 Å². The molecular weight excluding hydrogens is 368 g/mol. The van der Waals surface area contributed by atoms with Gasteiger partial charge in [0.05, 0.1) is 16.3 Å². The molecule has 22 heavy (non-hydrogen) atoms. The van der Waals surface area contributed by atoms with Crippen LogP contribution in [0.5, 0.6) is 0 Å².